The van der Waals surface area contributed by atoms with Gasteiger partial charge in [0.15, 0.2) is 0 Å². The molecular formula is C10H12F8N4. The van der Waals surface area contributed by atoms with E-state index >= 15 is 0 Å². The van der Waals surface area contributed by atoms with Crippen molar-refractivity contribution >= 4 is 0 Å². The molecule has 0 saturated heterocycles. The van der Waals surface area contributed by atoms with Crippen LogP contribution in [0.25, 0.3) is 0 Å². The third kappa shape index (κ3) is 1.83. The Bertz CT molecular complexity index is 352. The second-order valence-corrected chi connectivity index (χ2v) is 6.89. The lowest BCUT2D eigenvalue weighted by molar-refractivity contribution is -0.407. The highest BCUT2D eigenvalue weighted by Crippen LogP contribution is 2.67. The Morgan fingerprint density at radius 3 is 0.591 bits per heavy atom. The fourth-order valence-electron chi connectivity index (χ4n) is 5.14. The molecule has 0 heterocycles. The molecule has 0 aliphatic heterocycles. The van der Waals surface area contributed by atoms with Gasteiger partial charge in [-0.3, -0.25) is 0 Å². The molecule has 0 radical (unpaired) electrons. The fourth-order valence-corrected chi connectivity index (χ4v) is 5.14. The molecule has 0 unspecified atom stereocenters. The van der Waals surface area contributed by atoms with Gasteiger partial charge >= 0.3 is 0 Å². The molecule has 4 rings (SSSR count). The van der Waals surface area contributed by atoms with Crippen molar-refractivity contribution in [2.24, 2.45) is 0 Å². The molecule has 4 nitrogen and oxygen atoms in total. The Morgan fingerprint density at radius 2 is 0.500 bits per heavy atom. The maximum absolute atomic E-state index is 13.3. The monoisotopic (exact) mass is 340 g/mol. The molecule has 4 bridgehead atoms. The minimum atomic E-state index is -2.43. The van der Waals surface area contributed by atoms with E-state index in [9.17, 15) is 35.9 Å². The van der Waals surface area contributed by atoms with Gasteiger partial charge in [-0.1, -0.05) is 0 Å². The van der Waals surface area contributed by atoms with E-state index in [-0.39, 0.29) is 0 Å². The maximum Gasteiger partial charge on any atom is 0.0898 e. The van der Waals surface area contributed by atoms with Crippen molar-refractivity contribution in [3.05, 3.63) is 0 Å². The molecular weight excluding hydrogens is 328 g/mol. The van der Waals surface area contributed by atoms with Crippen LogP contribution in [0.1, 0.15) is 38.5 Å². The highest BCUT2D eigenvalue weighted by Gasteiger charge is 2.77. The third-order valence-electron chi connectivity index (χ3n) is 5.38. The molecule has 128 valence electrons. The molecule has 0 N–H and O–H groups in total. The van der Waals surface area contributed by atoms with Gasteiger partial charge in [0.2, 0.25) is 0 Å². The molecule has 12 heteroatoms. The first-order valence-electron chi connectivity index (χ1n) is 6.49. The Labute approximate surface area is 119 Å². The summed E-state index contributed by atoms with van der Waals surface area (Å²) in [7, 11) is 0. The van der Waals surface area contributed by atoms with Crippen LogP contribution in [-0.2, 0) is 0 Å². The first-order valence-corrected chi connectivity index (χ1v) is 6.49. The van der Waals surface area contributed by atoms with Crippen LogP contribution in [0.4, 0.5) is 35.9 Å². The van der Waals surface area contributed by atoms with E-state index in [1.54, 1.807) is 0 Å². The van der Waals surface area contributed by atoms with Gasteiger partial charge in [-0.15, -0.1) is 35.9 Å². The standard InChI is InChI=1S/C10H12F8N4/c11-19(12)7-1-8(20(13)14)4-9(2-7,21(15)16)6-10(3-7,5-8)22(17)18/h1-6H2. The minimum Gasteiger partial charge on any atom is -0.101 e. The number of hydrogen-bond donors (Lipinski definition) is 0. The second kappa shape index (κ2) is 4.42. The van der Waals surface area contributed by atoms with Crippen molar-refractivity contribution in [1.29, 1.82) is 0 Å². The van der Waals surface area contributed by atoms with Crippen molar-refractivity contribution in [2.75, 3.05) is 0 Å². The van der Waals surface area contributed by atoms with Gasteiger partial charge in [0.1, 0.15) is 0 Å². The Hall–Kier alpha value is -0.720. The van der Waals surface area contributed by atoms with Crippen LogP contribution in [0.3, 0.4) is 0 Å². The summed E-state index contributed by atoms with van der Waals surface area (Å²) >= 11 is 0. The number of nitrogens with zero attached hydrogens (tertiary/aromatic N) is 4. The van der Waals surface area contributed by atoms with E-state index < -0.39 is 82.1 Å². The second-order valence-electron chi connectivity index (χ2n) is 6.89. The Morgan fingerprint density at radius 1 is 0.364 bits per heavy atom. The number of halogens is 8. The van der Waals surface area contributed by atoms with Crippen LogP contribution in [0.15, 0.2) is 0 Å². The van der Waals surface area contributed by atoms with Crippen LogP contribution in [0.5, 0.6) is 0 Å². The number of hydrogen-bond acceptors (Lipinski definition) is 4. The maximum atomic E-state index is 13.3. The predicted molar refractivity (Wildman–Crippen MR) is 54.8 cm³/mol. The molecule has 4 aliphatic carbocycles. The lowest BCUT2D eigenvalue weighted by Gasteiger charge is -2.67. The molecule has 0 amide bonds. The smallest absolute Gasteiger partial charge is 0.0898 e. The minimum absolute atomic E-state index is 0.842. The van der Waals surface area contributed by atoms with Gasteiger partial charge < -0.3 is 0 Å². The molecule has 4 aliphatic rings. The van der Waals surface area contributed by atoms with E-state index in [2.05, 4.69) is 0 Å². The van der Waals surface area contributed by atoms with Crippen molar-refractivity contribution in [3.63, 3.8) is 0 Å². The van der Waals surface area contributed by atoms with Crippen LogP contribution < -0.4 is 0 Å². The van der Waals surface area contributed by atoms with E-state index in [1.807, 2.05) is 0 Å². The zero-order valence-corrected chi connectivity index (χ0v) is 11.1. The van der Waals surface area contributed by atoms with Gasteiger partial charge in [-0.25, -0.2) is 0 Å². The molecule has 0 aromatic heterocycles. The lowest BCUT2D eigenvalue weighted by Crippen LogP contribution is -2.79. The summed E-state index contributed by atoms with van der Waals surface area (Å²) in [6.07, 6.45) is -5.05. The first kappa shape index (κ1) is 16.1. The van der Waals surface area contributed by atoms with Gasteiger partial charge in [-0.2, -0.15) is 0 Å². The van der Waals surface area contributed by atoms with Crippen molar-refractivity contribution in [2.45, 2.75) is 60.7 Å². The zero-order chi connectivity index (χ0) is 16.6. The highest BCUT2D eigenvalue weighted by atomic mass is 19.4. The average Bonchev–Trinajstić information content (AvgIpc) is 2.36. The normalized spacial score (nSPS) is 47.5. The average molecular weight is 340 g/mol. The van der Waals surface area contributed by atoms with Crippen LogP contribution >= 0.6 is 0 Å². The molecule has 22 heavy (non-hydrogen) atoms. The largest absolute Gasteiger partial charge is 0.101 e. The topological polar surface area (TPSA) is 13.0 Å². The van der Waals surface area contributed by atoms with E-state index in [1.165, 1.54) is 0 Å². The van der Waals surface area contributed by atoms with Crippen molar-refractivity contribution in [1.82, 2.24) is 21.4 Å². The summed E-state index contributed by atoms with van der Waals surface area (Å²) in [6, 6.07) is 0. The van der Waals surface area contributed by atoms with Gasteiger partial charge in [0, 0.05) is 21.4 Å². The summed E-state index contributed by atoms with van der Waals surface area (Å²) in [5.74, 6) is 0. The van der Waals surface area contributed by atoms with Crippen molar-refractivity contribution < 1.29 is 35.9 Å². The summed E-state index contributed by atoms with van der Waals surface area (Å²) < 4.78 is 107. The third-order valence-corrected chi connectivity index (χ3v) is 5.38. The fraction of sp³-hybridized carbons (Fsp3) is 1.00. The lowest BCUT2D eigenvalue weighted by atomic mass is 9.45. The van der Waals surface area contributed by atoms with Crippen LogP contribution in [0, 0.1) is 0 Å². The highest BCUT2D eigenvalue weighted by molar-refractivity contribution is 5.26. The molecule has 0 aromatic rings. The predicted octanol–water partition coefficient (Wildman–Crippen LogP) is 3.61. The first-order chi connectivity index (χ1) is 10.0. The zero-order valence-electron chi connectivity index (χ0n) is 11.1. The molecule has 0 spiro atoms. The SMILES string of the molecule is FN(F)C12CC3(N(F)F)CC(N(F)F)(C1)CC(N(F)F)(C2)C3. The Kier molecular flexibility index (Phi) is 3.25. The molecule has 0 atom stereocenters. The van der Waals surface area contributed by atoms with E-state index in [4.69, 9.17) is 0 Å². The van der Waals surface area contributed by atoms with E-state index in [0.717, 1.165) is 0 Å². The van der Waals surface area contributed by atoms with Gasteiger partial charge in [0.25, 0.3) is 0 Å². The summed E-state index contributed by atoms with van der Waals surface area (Å²) in [5.41, 5.74) is -9.73. The van der Waals surface area contributed by atoms with E-state index in [0.29, 0.717) is 0 Å². The quantitative estimate of drug-likeness (QED) is 0.573. The Balaban J connectivity index is 2.17. The summed E-state index contributed by atoms with van der Waals surface area (Å²) in [5, 5.41) is -5.78. The van der Waals surface area contributed by atoms with Crippen molar-refractivity contribution in [3.8, 4) is 0 Å². The van der Waals surface area contributed by atoms with Crippen LogP contribution in [0.2, 0.25) is 0 Å². The van der Waals surface area contributed by atoms with Gasteiger partial charge in [-0.05, 0) is 38.5 Å². The summed E-state index contributed by atoms with van der Waals surface area (Å²) in [4.78, 5) is 0. The van der Waals surface area contributed by atoms with Gasteiger partial charge in [0.05, 0.1) is 22.2 Å². The molecule has 0 aromatic carbocycles. The molecule has 4 fully saturated rings. The molecule has 4 saturated carbocycles. The number of rotatable bonds is 4. The summed E-state index contributed by atoms with van der Waals surface area (Å²) in [6.45, 7) is 0. The van der Waals surface area contributed by atoms with Crippen LogP contribution in [-0.4, -0.2) is 43.5 Å².